The third kappa shape index (κ3) is 6.60. The minimum atomic E-state index is 0. The van der Waals surface area contributed by atoms with Crippen molar-refractivity contribution in [3.8, 4) is 0 Å². The third-order valence-corrected chi connectivity index (χ3v) is 4.76. The predicted octanol–water partition coefficient (Wildman–Crippen LogP) is 3.03. The summed E-state index contributed by atoms with van der Waals surface area (Å²) in [5, 5.41) is 3.56. The van der Waals surface area contributed by atoms with Crippen LogP contribution in [0.3, 0.4) is 0 Å². The molecule has 130 valence electrons. The summed E-state index contributed by atoms with van der Waals surface area (Å²) in [6.07, 6.45) is 6.70. The SMILES string of the molecule is CN=C(NCCCCN1CCCC1)N1CC(C)CC(C)C1.I. The largest absolute Gasteiger partial charge is 0.356 e. The third-order valence-electron chi connectivity index (χ3n) is 4.76. The molecule has 2 rings (SSSR count). The first-order valence-electron chi connectivity index (χ1n) is 8.87. The number of guanidine groups is 1. The molecule has 0 aromatic heterocycles. The normalized spacial score (nSPS) is 26.9. The first kappa shape index (κ1) is 20.0. The zero-order valence-corrected chi connectivity index (χ0v) is 17.0. The summed E-state index contributed by atoms with van der Waals surface area (Å²) in [6, 6.07) is 0. The van der Waals surface area contributed by atoms with Gasteiger partial charge in [-0.1, -0.05) is 13.8 Å². The van der Waals surface area contributed by atoms with Gasteiger partial charge < -0.3 is 15.1 Å². The molecule has 0 radical (unpaired) electrons. The zero-order chi connectivity index (χ0) is 15.1. The number of rotatable bonds is 5. The molecule has 2 atom stereocenters. The maximum atomic E-state index is 4.48. The van der Waals surface area contributed by atoms with Crippen molar-refractivity contribution in [2.24, 2.45) is 16.8 Å². The van der Waals surface area contributed by atoms with E-state index in [4.69, 9.17) is 0 Å². The fourth-order valence-electron chi connectivity index (χ4n) is 3.83. The fourth-order valence-corrected chi connectivity index (χ4v) is 3.83. The zero-order valence-electron chi connectivity index (χ0n) is 14.7. The molecule has 2 unspecified atom stereocenters. The number of piperidine rings is 1. The number of aliphatic imine (C=N–C) groups is 1. The van der Waals surface area contributed by atoms with Gasteiger partial charge in [0.15, 0.2) is 5.96 Å². The van der Waals surface area contributed by atoms with Crippen molar-refractivity contribution >= 4 is 29.9 Å². The second kappa shape index (κ2) is 10.7. The van der Waals surface area contributed by atoms with E-state index in [1.807, 2.05) is 7.05 Å². The number of halogens is 1. The van der Waals surface area contributed by atoms with E-state index in [2.05, 4.69) is 34.0 Å². The first-order valence-corrected chi connectivity index (χ1v) is 8.87. The molecule has 2 aliphatic heterocycles. The van der Waals surface area contributed by atoms with Crippen LogP contribution in [0.25, 0.3) is 0 Å². The fraction of sp³-hybridized carbons (Fsp3) is 0.941. The Labute approximate surface area is 154 Å². The van der Waals surface area contributed by atoms with Gasteiger partial charge in [0.2, 0.25) is 0 Å². The number of nitrogens with one attached hydrogen (secondary N) is 1. The Balaban J connectivity index is 0.00000242. The first-order chi connectivity index (χ1) is 10.2. The maximum absolute atomic E-state index is 4.48. The van der Waals surface area contributed by atoms with Crippen LogP contribution in [-0.4, -0.2) is 62.1 Å². The molecule has 0 spiro atoms. The number of hydrogen-bond acceptors (Lipinski definition) is 2. The molecule has 0 aliphatic carbocycles. The van der Waals surface area contributed by atoms with E-state index < -0.39 is 0 Å². The van der Waals surface area contributed by atoms with Crippen molar-refractivity contribution in [1.29, 1.82) is 0 Å². The van der Waals surface area contributed by atoms with Gasteiger partial charge in [-0.2, -0.15) is 0 Å². The van der Waals surface area contributed by atoms with Crippen LogP contribution in [0.2, 0.25) is 0 Å². The summed E-state index contributed by atoms with van der Waals surface area (Å²) in [5.41, 5.74) is 0. The Morgan fingerprint density at radius 1 is 1.09 bits per heavy atom. The van der Waals surface area contributed by atoms with Gasteiger partial charge in [-0.25, -0.2) is 0 Å². The molecular formula is C17H35IN4. The standard InChI is InChI=1S/C17H34N4.HI/c1-15-12-16(2)14-21(13-15)17(18-3)19-8-4-5-9-20-10-6-7-11-20;/h15-16H,4-14H2,1-3H3,(H,18,19);1H. The van der Waals surface area contributed by atoms with E-state index in [0.29, 0.717) is 0 Å². The lowest BCUT2D eigenvalue weighted by molar-refractivity contribution is 0.208. The summed E-state index contributed by atoms with van der Waals surface area (Å²) in [4.78, 5) is 9.52. The highest BCUT2D eigenvalue weighted by Crippen LogP contribution is 2.20. The van der Waals surface area contributed by atoms with Gasteiger partial charge in [-0.15, -0.1) is 24.0 Å². The minimum Gasteiger partial charge on any atom is -0.356 e. The lowest BCUT2D eigenvalue weighted by Gasteiger charge is -2.37. The van der Waals surface area contributed by atoms with E-state index in [-0.39, 0.29) is 24.0 Å². The molecule has 0 aromatic rings. The van der Waals surface area contributed by atoms with Crippen molar-refractivity contribution < 1.29 is 0 Å². The van der Waals surface area contributed by atoms with E-state index in [1.165, 1.54) is 51.7 Å². The molecule has 0 saturated carbocycles. The Kier molecular flexibility index (Phi) is 9.71. The molecule has 0 aromatic carbocycles. The molecule has 1 N–H and O–H groups in total. The van der Waals surface area contributed by atoms with E-state index >= 15 is 0 Å². The average molecular weight is 422 g/mol. The molecule has 4 nitrogen and oxygen atoms in total. The van der Waals surface area contributed by atoms with Crippen LogP contribution in [0.1, 0.15) is 46.0 Å². The van der Waals surface area contributed by atoms with E-state index in [0.717, 1.165) is 37.4 Å². The minimum absolute atomic E-state index is 0. The van der Waals surface area contributed by atoms with Crippen LogP contribution < -0.4 is 5.32 Å². The van der Waals surface area contributed by atoms with Gasteiger partial charge in [0.05, 0.1) is 0 Å². The number of unbranched alkanes of at least 4 members (excludes halogenated alkanes) is 1. The van der Waals surface area contributed by atoms with Crippen LogP contribution >= 0.6 is 24.0 Å². The van der Waals surface area contributed by atoms with Gasteiger partial charge >= 0.3 is 0 Å². The van der Waals surface area contributed by atoms with E-state index in [9.17, 15) is 0 Å². The monoisotopic (exact) mass is 422 g/mol. The summed E-state index contributed by atoms with van der Waals surface area (Å²) < 4.78 is 0. The molecule has 0 amide bonds. The van der Waals surface area contributed by atoms with Crippen LogP contribution in [-0.2, 0) is 0 Å². The second-order valence-corrected chi connectivity index (χ2v) is 7.08. The Bertz CT molecular complexity index is 319. The summed E-state index contributed by atoms with van der Waals surface area (Å²) in [6.45, 7) is 12.0. The molecular weight excluding hydrogens is 387 g/mol. The molecule has 2 saturated heterocycles. The quantitative estimate of drug-likeness (QED) is 0.320. The van der Waals surface area contributed by atoms with Crippen molar-refractivity contribution in [2.45, 2.75) is 46.0 Å². The average Bonchev–Trinajstić information content (AvgIpc) is 2.95. The molecule has 2 fully saturated rings. The van der Waals surface area contributed by atoms with Gasteiger partial charge in [0.25, 0.3) is 0 Å². The smallest absolute Gasteiger partial charge is 0.193 e. The molecule has 22 heavy (non-hydrogen) atoms. The van der Waals surface area contributed by atoms with E-state index in [1.54, 1.807) is 0 Å². The predicted molar refractivity (Wildman–Crippen MR) is 106 cm³/mol. The van der Waals surface area contributed by atoms with Crippen molar-refractivity contribution in [2.75, 3.05) is 46.3 Å². The number of hydrogen-bond donors (Lipinski definition) is 1. The Morgan fingerprint density at radius 2 is 1.73 bits per heavy atom. The van der Waals surface area contributed by atoms with Crippen LogP contribution in [0.15, 0.2) is 4.99 Å². The summed E-state index contributed by atoms with van der Waals surface area (Å²) in [5.74, 6) is 2.67. The highest BCUT2D eigenvalue weighted by atomic mass is 127. The maximum Gasteiger partial charge on any atom is 0.193 e. The van der Waals surface area contributed by atoms with Crippen molar-refractivity contribution in [3.63, 3.8) is 0 Å². The summed E-state index contributed by atoms with van der Waals surface area (Å²) in [7, 11) is 1.91. The number of nitrogens with zero attached hydrogens (tertiary/aromatic N) is 3. The second-order valence-electron chi connectivity index (χ2n) is 7.08. The topological polar surface area (TPSA) is 30.9 Å². The van der Waals surface area contributed by atoms with Crippen LogP contribution in [0.4, 0.5) is 0 Å². The van der Waals surface area contributed by atoms with Gasteiger partial charge in [0, 0.05) is 26.7 Å². The van der Waals surface area contributed by atoms with Crippen LogP contribution in [0, 0.1) is 11.8 Å². The molecule has 2 heterocycles. The lowest BCUT2D eigenvalue weighted by atomic mass is 9.92. The highest BCUT2D eigenvalue weighted by molar-refractivity contribution is 14.0. The van der Waals surface area contributed by atoms with Crippen molar-refractivity contribution in [1.82, 2.24) is 15.1 Å². The lowest BCUT2D eigenvalue weighted by Crippen LogP contribution is -2.48. The summed E-state index contributed by atoms with van der Waals surface area (Å²) >= 11 is 0. The Morgan fingerprint density at radius 3 is 2.32 bits per heavy atom. The highest BCUT2D eigenvalue weighted by Gasteiger charge is 2.23. The van der Waals surface area contributed by atoms with Crippen molar-refractivity contribution in [3.05, 3.63) is 0 Å². The molecule has 5 heteroatoms. The Hall–Kier alpha value is -0.0400. The number of likely N-dealkylation sites (tertiary alicyclic amines) is 2. The molecule has 2 aliphatic rings. The molecule has 0 bridgehead atoms. The van der Waals surface area contributed by atoms with Gasteiger partial charge in [-0.3, -0.25) is 4.99 Å². The van der Waals surface area contributed by atoms with Gasteiger partial charge in [-0.05, 0) is 63.6 Å². The van der Waals surface area contributed by atoms with Crippen LogP contribution in [0.5, 0.6) is 0 Å². The van der Waals surface area contributed by atoms with Gasteiger partial charge in [0.1, 0.15) is 0 Å².